The van der Waals surface area contributed by atoms with Crippen LogP contribution in [0.2, 0.25) is 5.02 Å². The van der Waals surface area contributed by atoms with Gasteiger partial charge in [0.1, 0.15) is 11.5 Å². The zero-order chi connectivity index (χ0) is 12.6. The van der Waals surface area contributed by atoms with E-state index in [-0.39, 0.29) is 11.3 Å². The number of rotatable bonds is 2. The maximum absolute atomic E-state index is 13.7. The van der Waals surface area contributed by atoms with Crippen LogP contribution in [0.4, 0.5) is 4.39 Å². The second-order valence-corrected chi connectivity index (χ2v) is 3.89. The van der Waals surface area contributed by atoms with Crippen LogP contribution in [0.15, 0.2) is 24.4 Å². The lowest BCUT2D eigenvalue weighted by atomic mass is 10.2. The van der Waals surface area contributed by atoms with Gasteiger partial charge in [-0.3, -0.25) is 0 Å². The number of hydrogen-bond donors (Lipinski definition) is 1. The van der Waals surface area contributed by atoms with E-state index in [1.54, 1.807) is 6.92 Å². The molecule has 0 spiro atoms. The average molecular weight is 255 g/mol. The standard InChI is InChI=1S/C11H8ClFN2O2/c1-6-8(12)5-15(14-6)10-3-2-7(11(16)17)4-9(10)13/h2-5H,1H3,(H,16,17). The second-order valence-electron chi connectivity index (χ2n) is 3.48. The minimum atomic E-state index is -1.18. The van der Waals surface area contributed by atoms with Crippen LogP contribution < -0.4 is 0 Å². The third kappa shape index (κ3) is 2.14. The molecule has 2 rings (SSSR count). The first-order valence-corrected chi connectivity index (χ1v) is 5.12. The highest BCUT2D eigenvalue weighted by Crippen LogP contribution is 2.19. The summed E-state index contributed by atoms with van der Waals surface area (Å²) in [4.78, 5) is 10.6. The number of nitrogens with zero attached hydrogens (tertiary/aromatic N) is 2. The van der Waals surface area contributed by atoms with Gasteiger partial charge in [0.2, 0.25) is 0 Å². The number of benzene rings is 1. The van der Waals surface area contributed by atoms with Crippen molar-refractivity contribution in [1.82, 2.24) is 9.78 Å². The van der Waals surface area contributed by atoms with E-state index in [0.717, 1.165) is 6.07 Å². The van der Waals surface area contributed by atoms with Crippen molar-refractivity contribution in [1.29, 1.82) is 0 Å². The van der Waals surface area contributed by atoms with Crippen molar-refractivity contribution >= 4 is 17.6 Å². The highest BCUT2D eigenvalue weighted by molar-refractivity contribution is 6.31. The summed E-state index contributed by atoms with van der Waals surface area (Å²) in [5.41, 5.74) is 0.625. The maximum Gasteiger partial charge on any atom is 0.335 e. The number of hydrogen-bond acceptors (Lipinski definition) is 2. The molecule has 0 amide bonds. The highest BCUT2D eigenvalue weighted by Gasteiger charge is 2.11. The third-order valence-corrected chi connectivity index (χ3v) is 2.65. The predicted octanol–water partition coefficient (Wildman–Crippen LogP) is 2.67. The number of carboxylic acids is 1. The fraction of sp³-hybridized carbons (Fsp3) is 0.0909. The van der Waals surface area contributed by atoms with E-state index in [2.05, 4.69) is 5.10 Å². The number of halogens is 2. The highest BCUT2D eigenvalue weighted by atomic mass is 35.5. The van der Waals surface area contributed by atoms with Crippen LogP contribution in [0.25, 0.3) is 5.69 Å². The zero-order valence-corrected chi connectivity index (χ0v) is 9.57. The van der Waals surface area contributed by atoms with Gasteiger partial charge in [0.15, 0.2) is 0 Å². The Hall–Kier alpha value is -1.88. The number of aromatic nitrogens is 2. The molecule has 0 aliphatic carbocycles. The molecule has 0 aliphatic heterocycles. The van der Waals surface area contributed by atoms with Crippen molar-refractivity contribution < 1.29 is 14.3 Å². The number of carbonyl (C=O) groups is 1. The monoisotopic (exact) mass is 254 g/mol. The molecule has 0 atom stereocenters. The van der Waals surface area contributed by atoms with E-state index < -0.39 is 11.8 Å². The van der Waals surface area contributed by atoms with E-state index in [4.69, 9.17) is 16.7 Å². The number of carboxylic acid groups (broad SMARTS) is 1. The Balaban J connectivity index is 2.50. The molecule has 88 valence electrons. The molecule has 6 heteroatoms. The van der Waals surface area contributed by atoms with E-state index in [0.29, 0.717) is 10.7 Å². The normalized spacial score (nSPS) is 10.5. The van der Waals surface area contributed by atoms with Gasteiger partial charge in [-0.05, 0) is 25.1 Å². The Morgan fingerprint density at radius 1 is 1.53 bits per heavy atom. The van der Waals surface area contributed by atoms with Crippen molar-refractivity contribution in [3.8, 4) is 5.69 Å². The molecule has 0 radical (unpaired) electrons. The van der Waals surface area contributed by atoms with Crippen LogP contribution in [-0.2, 0) is 0 Å². The molecule has 17 heavy (non-hydrogen) atoms. The molecule has 0 fully saturated rings. The molecule has 1 aromatic heterocycles. The van der Waals surface area contributed by atoms with Gasteiger partial charge < -0.3 is 5.11 Å². The van der Waals surface area contributed by atoms with Crippen molar-refractivity contribution in [3.05, 3.63) is 46.5 Å². The largest absolute Gasteiger partial charge is 0.478 e. The minimum absolute atomic E-state index is 0.110. The van der Waals surface area contributed by atoms with Gasteiger partial charge in [0.25, 0.3) is 0 Å². The maximum atomic E-state index is 13.7. The molecule has 0 bridgehead atoms. The van der Waals surface area contributed by atoms with E-state index in [1.165, 1.54) is 23.0 Å². The molecule has 4 nitrogen and oxygen atoms in total. The summed E-state index contributed by atoms with van der Waals surface area (Å²) in [6.07, 6.45) is 1.47. The van der Waals surface area contributed by atoms with Crippen molar-refractivity contribution in [3.63, 3.8) is 0 Å². The molecular weight excluding hydrogens is 247 g/mol. The second kappa shape index (κ2) is 4.18. The quantitative estimate of drug-likeness (QED) is 0.896. The molecule has 0 saturated heterocycles. The predicted molar refractivity (Wildman–Crippen MR) is 60.2 cm³/mol. The molecule has 1 heterocycles. The van der Waals surface area contributed by atoms with Crippen molar-refractivity contribution in [2.75, 3.05) is 0 Å². The minimum Gasteiger partial charge on any atom is -0.478 e. The van der Waals surface area contributed by atoms with Crippen LogP contribution in [-0.4, -0.2) is 20.9 Å². The van der Waals surface area contributed by atoms with Crippen molar-refractivity contribution in [2.45, 2.75) is 6.92 Å². The molecule has 0 unspecified atom stereocenters. The third-order valence-electron chi connectivity index (χ3n) is 2.28. The van der Waals surface area contributed by atoms with Gasteiger partial charge in [-0.15, -0.1) is 0 Å². The summed E-state index contributed by atoms with van der Waals surface area (Å²) in [7, 11) is 0. The molecule has 2 aromatic rings. The lowest BCUT2D eigenvalue weighted by Gasteiger charge is -2.03. The van der Waals surface area contributed by atoms with Crippen LogP contribution in [0.5, 0.6) is 0 Å². The van der Waals surface area contributed by atoms with Crippen LogP contribution in [0.1, 0.15) is 16.1 Å². The van der Waals surface area contributed by atoms with Crippen molar-refractivity contribution in [2.24, 2.45) is 0 Å². The topological polar surface area (TPSA) is 55.1 Å². The van der Waals surface area contributed by atoms with Gasteiger partial charge in [0.05, 0.1) is 16.3 Å². The zero-order valence-electron chi connectivity index (χ0n) is 8.82. The first-order valence-electron chi connectivity index (χ1n) is 4.74. The molecule has 0 aliphatic rings. The first kappa shape index (κ1) is 11.6. The van der Waals surface area contributed by atoms with Crippen LogP contribution in [0.3, 0.4) is 0 Å². The average Bonchev–Trinajstić information content (AvgIpc) is 2.58. The van der Waals surface area contributed by atoms with Gasteiger partial charge in [-0.1, -0.05) is 11.6 Å². The van der Waals surface area contributed by atoms with E-state index in [9.17, 15) is 9.18 Å². The Morgan fingerprint density at radius 3 is 2.71 bits per heavy atom. The van der Waals surface area contributed by atoms with Crippen LogP contribution in [0, 0.1) is 12.7 Å². The Bertz CT molecular complexity index is 576. The van der Waals surface area contributed by atoms with Gasteiger partial charge >= 0.3 is 5.97 Å². The summed E-state index contributed by atoms with van der Waals surface area (Å²) in [6, 6.07) is 3.61. The molecule has 1 aromatic carbocycles. The number of aromatic carboxylic acids is 1. The lowest BCUT2D eigenvalue weighted by Crippen LogP contribution is -2.02. The Kier molecular flexibility index (Phi) is 2.85. The molecule has 0 saturated carbocycles. The molecular formula is C11H8ClFN2O2. The summed E-state index contributed by atoms with van der Waals surface area (Å²) in [5, 5.41) is 13.1. The lowest BCUT2D eigenvalue weighted by molar-refractivity contribution is 0.0696. The summed E-state index contributed by atoms with van der Waals surface area (Å²) in [6.45, 7) is 1.70. The van der Waals surface area contributed by atoms with Gasteiger partial charge in [-0.25, -0.2) is 13.9 Å². The fourth-order valence-corrected chi connectivity index (χ4v) is 1.52. The first-order chi connectivity index (χ1) is 7.99. The fourth-order valence-electron chi connectivity index (χ4n) is 1.39. The summed E-state index contributed by atoms with van der Waals surface area (Å²) in [5.74, 6) is -1.84. The summed E-state index contributed by atoms with van der Waals surface area (Å²) >= 11 is 5.81. The number of aryl methyl sites for hydroxylation is 1. The Morgan fingerprint density at radius 2 is 2.24 bits per heavy atom. The SMILES string of the molecule is Cc1nn(-c2ccc(C(=O)O)cc2F)cc1Cl. The van der Waals surface area contributed by atoms with Crippen LogP contribution >= 0.6 is 11.6 Å². The van der Waals surface area contributed by atoms with E-state index in [1.807, 2.05) is 0 Å². The summed E-state index contributed by atoms with van der Waals surface area (Å²) < 4.78 is 14.9. The van der Waals surface area contributed by atoms with Gasteiger partial charge in [0, 0.05) is 6.20 Å². The molecule has 1 N–H and O–H groups in total. The smallest absolute Gasteiger partial charge is 0.335 e. The van der Waals surface area contributed by atoms with Gasteiger partial charge in [-0.2, -0.15) is 5.10 Å². The van der Waals surface area contributed by atoms with E-state index >= 15 is 0 Å². The Labute approximate surface area is 101 Å².